The van der Waals surface area contributed by atoms with Crippen LogP contribution in [-0.2, 0) is 11.3 Å². The van der Waals surface area contributed by atoms with Crippen molar-refractivity contribution in [3.63, 3.8) is 0 Å². The van der Waals surface area contributed by atoms with Gasteiger partial charge in [0.25, 0.3) is 5.91 Å². The molecule has 5 heteroatoms. The van der Waals surface area contributed by atoms with Gasteiger partial charge in [-0.25, -0.2) is 0 Å². The highest BCUT2D eigenvalue weighted by Crippen LogP contribution is 2.32. The molecule has 1 heterocycles. The van der Waals surface area contributed by atoms with Crippen LogP contribution in [0.15, 0.2) is 36.4 Å². The van der Waals surface area contributed by atoms with Crippen LogP contribution in [0.5, 0.6) is 17.2 Å². The van der Waals surface area contributed by atoms with Gasteiger partial charge in [-0.2, -0.15) is 0 Å². The molecule has 0 saturated carbocycles. The third kappa shape index (κ3) is 4.24. The van der Waals surface area contributed by atoms with Crippen molar-refractivity contribution in [1.82, 2.24) is 5.32 Å². The number of hydrogen-bond donors (Lipinski definition) is 1. The second kappa shape index (κ2) is 7.47. The van der Waals surface area contributed by atoms with Crippen LogP contribution in [0, 0.1) is 6.92 Å². The number of ether oxygens (including phenoxy) is 3. The Labute approximate surface area is 147 Å². The molecule has 0 fully saturated rings. The standard InChI is InChI=1S/C20H23NO4/c1-13(2)16-6-4-14(3)18(9-16)23-11-20(22)21-10-15-5-7-17-19(8-15)25-12-24-17/h4-9,13H,10-12H2,1-3H3,(H,21,22). The summed E-state index contributed by atoms with van der Waals surface area (Å²) in [5.41, 5.74) is 3.17. The summed E-state index contributed by atoms with van der Waals surface area (Å²) in [6, 6.07) is 11.7. The van der Waals surface area contributed by atoms with E-state index in [9.17, 15) is 4.79 Å². The minimum atomic E-state index is -0.160. The fourth-order valence-corrected chi connectivity index (χ4v) is 2.58. The zero-order valence-corrected chi connectivity index (χ0v) is 14.8. The maximum Gasteiger partial charge on any atom is 0.258 e. The Bertz CT molecular complexity index is 770. The van der Waals surface area contributed by atoms with Crippen LogP contribution in [0.2, 0.25) is 0 Å². The molecule has 1 N–H and O–H groups in total. The molecule has 1 aliphatic rings. The van der Waals surface area contributed by atoms with E-state index < -0.39 is 0 Å². The van der Waals surface area contributed by atoms with E-state index in [4.69, 9.17) is 14.2 Å². The van der Waals surface area contributed by atoms with Crippen molar-refractivity contribution in [2.24, 2.45) is 0 Å². The fraction of sp³-hybridized carbons (Fsp3) is 0.350. The van der Waals surface area contributed by atoms with Gasteiger partial charge in [-0.1, -0.05) is 32.0 Å². The van der Waals surface area contributed by atoms with E-state index in [-0.39, 0.29) is 19.3 Å². The second-order valence-corrected chi connectivity index (χ2v) is 6.43. The molecule has 0 aliphatic carbocycles. The quantitative estimate of drug-likeness (QED) is 0.873. The SMILES string of the molecule is Cc1ccc(C(C)C)cc1OCC(=O)NCc1ccc2c(c1)OCO2. The normalized spacial score (nSPS) is 12.3. The Balaban J connectivity index is 1.52. The molecule has 2 aromatic carbocycles. The minimum absolute atomic E-state index is 0.00700. The van der Waals surface area contributed by atoms with Gasteiger partial charge in [0.15, 0.2) is 18.1 Å². The summed E-state index contributed by atoms with van der Waals surface area (Å²) >= 11 is 0. The van der Waals surface area contributed by atoms with Crippen LogP contribution < -0.4 is 19.5 Å². The van der Waals surface area contributed by atoms with E-state index in [2.05, 4.69) is 25.2 Å². The van der Waals surface area contributed by atoms with Gasteiger partial charge in [-0.05, 0) is 47.7 Å². The molecule has 25 heavy (non-hydrogen) atoms. The summed E-state index contributed by atoms with van der Waals surface area (Å²) in [4.78, 5) is 12.1. The smallest absolute Gasteiger partial charge is 0.258 e. The van der Waals surface area contributed by atoms with E-state index in [1.165, 1.54) is 5.56 Å². The topological polar surface area (TPSA) is 56.8 Å². The Morgan fingerprint density at radius 2 is 1.96 bits per heavy atom. The van der Waals surface area contributed by atoms with E-state index in [1.54, 1.807) is 0 Å². The maximum absolute atomic E-state index is 12.1. The number of benzene rings is 2. The Hall–Kier alpha value is -2.69. The number of nitrogens with one attached hydrogen (secondary N) is 1. The number of carbonyl (C=O) groups is 1. The zero-order valence-electron chi connectivity index (χ0n) is 14.8. The zero-order chi connectivity index (χ0) is 17.8. The van der Waals surface area contributed by atoms with Gasteiger partial charge in [0.2, 0.25) is 6.79 Å². The van der Waals surface area contributed by atoms with Gasteiger partial charge in [0.1, 0.15) is 5.75 Å². The van der Waals surface area contributed by atoms with Crippen molar-refractivity contribution >= 4 is 5.91 Å². The first-order chi connectivity index (χ1) is 12.0. The second-order valence-electron chi connectivity index (χ2n) is 6.43. The van der Waals surface area contributed by atoms with Gasteiger partial charge in [0.05, 0.1) is 0 Å². The Morgan fingerprint density at radius 1 is 1.16 bits per heavy atom. The molecule has 0 saturated heterocycles. The first-order valence-electron chi connectivity index (χ1n) is 8.41. The fourth-order valence-electron chi connectivity index (χ4n) is 2.58. The molecule has 1 aliphatic heterocycles. The predicted molar refractivity (Wildman–Crippen MR) is 95.2 cm³/mol. The van der Waals surface area contributed by atoms with Crippen molar-refractivity contribution in [1.29, 1.82) is 0 Å². The molecule has 0 aromatic heterocycles. The molecule has 0 spiro atoms. The van der Waals surface area contributed by atoms with Crippen molar-refractivity contribution in [2.45, 2.75) is 33.2 Å². The summed E-state index contributed by atoms with van der Waals surface area (Å²) in [7, 11) is 0. The Kier molecular flexibility index (Phi) is 5.12. The van der Waals surface area contributed by atoms with Gasteiger partial charge >= 0.3 is 0 Å². The molecule has 1 amide bonds. The molecule has 0 bridgehead atoms. The van der Waals surface area contributed by atoms with Crippen LogP contribution in [-0.4, -0.2) is 19.3 Å². The molecule has 2 aromatic rings. The number of fused-ring (bicyclic) bond motifs is 1. The van der Waals surface area contributed by atoms with E-state index >= 15 is 0 Å². The lowest BCUT2D eigenvalue weighted by Crippen LogP contribution is -2.28. The third-order valence-corrected chi connectivity index (χ3v) is 4.16. The number of rotatable bonds is 6. The number of amides is 1. The Morgan fingerprint density at radius 3 is 2.76 bits per heavy atom. The van der Waals surface area contributed by atoms with Crippen molar-refractivity contribution in [2.75, 3.05) is 13.4 Å². The highest BCUT2D eigenvalue weighted by Gasteiger charge is 2.13. The number of carbonyl (C=O) groups excluding carboxylic acids is 1. The highest BCUT2D eigenvalue weighted by atomic mass is 16.7. The number of hydrogen-bond acceptors (Lipinski definition) is 4. The van der Waals surface area contributed by atoms with Gasteiger partial charge < -0.3 is 19.5 Å². The van der Waals surface area contributed by atoms with Crippen molar-refractivity contribution in [3.8, 4) is 17.2 Å². The van der Waals surface area contributed by atoms with Crippen LogP contribution in [0.4, 0.5) is 0 Å². The minimum Gasteiger partial charge on any atom is -0.483 e. The average molecular weight is 341 g/mol. The number of aryl methyl sites for hydroxylation is 1. The van der Waals surface area contributed by atoms with Gasteiger partial charge in [0, 0.05) is 6.54 Å². The molecular formula is C20H23NO4. The first kappa shape index (κ1) is 17.1. The lowest BCUT2D eigenvalue weighted by Gasteiger charge is -2.13. The maximum atomic E-state index is 12.1. The van der Waals surface area contributed by atoms with Gasteiger partial charge in [-0.15, -0.1) is 0 Å². The lowest BCUT2D eigenvalue weighted by molar-refractivity contribution is -0.123. The molecule has 3 rings (SSSR count). The summed E-state index contributed by atoms with van der Waals surface area (Å²) < 4.78 is 16.3. The van der Waals surface area contributed by atoms with E-state index in [1.807, 2.05) is 37.3 Å². The first-order valence-corrected chi connectivity index (χ1v) is 8.41. The van der Waals surface area contributed by atoms with Crippen LogP contribution in [0.25, 0.3) is 0 Å². The summed E-state index contributed by atoms with van der Waals surface area (Å²) in [5, 5.41) is 2.86. The molecule has 0 radical (unpaired) electrons. The van der Waals surface area contributed by atoms with Gasteiger partial charge in [-0.3, -0.25) is 4.79 Å². The molecule has 0 unspecified atom stereocenters. The summed E-state index contributed by atoms with van der Waals surface area (Å²) in [6.07, 6.45) is 0. The summed E-state index contributed by atoms with van der Waals surface area (Å²) in [6.45, 7) is 6.90. The molecule has 132 valence electrons. The largest absolute Gasteiger partial charge is 0.483 e. The lowest BCUT2D eigenvalue weighted by atomic mass is 10.0. The van der Waals surface area contributed by atoms with Crippen molar-refractivity contribution in [3.05, 3.63) is 53.1 Å². The van der Waals surface area contributed by atoms with Crippen molar-refractivity contribution < 1.29 is 19.0 Å². The van der Waals surface area contributed by atoms with Crippen LogP contribution in [0.1, 0.15) is 36.5 Å². The van der Waals surface area contributed by atoms with E-state index in [0.29, 0.717) is 18.2 Å². The average Bonchev–Trinajstić information content (AvgIpc) is 3.06. The van der Waals surface area contributed by atoms with E-state index in [0.717, 1.165) is 22.6 Å². The highest BCUT2D eigenvalue weighted by molar-refractivity contribution is 5.77. The predicted octanol–water partition coefficient (Wildman–Crippen LogP) is 3.54. The molecular weight excluding hydrogens is 318 g/mol. The van der Waals surface area contributed by atoms with Crippen LogP contribution >= 0.6 is 0 Å². The monoisotopic (exact) mass is 341 g/mol. The third-order valence-electron chi connectivity index (χ3n) is 4.16. The summed E-state index contributed by atoms with van der Waals surface area (Å²) in [5.74, 6) is 2.46. The molecule has 0 atom stereocenters. The molecule has 5 nitrogen and oxygen atoms in total. The van der Waals surface area contributed by atoms with Crippen LogP contribution in [0.3, 0.4) is 0 Å².